The number of methoxy groups -OCH3 is 3. The van der Waals surface area contributed by atoms with E-state index in [-0.39, 0.29) is 61.1 Å². The molecule has 2 aromatic rings. The van der Waals surface area contributed by atoms with Crippen LogP contribution in [0.1, 0.15) is 130 Å². The van der Waals surface area contributed by atoms with Crippen molar-refractivity contribution in [1.29, 1.82) is 0 Å². The Morgan fingerprint density at radius 1 is 0.868 bits per heavy atom. The van der Waals surface area contributed by atoms with E-state index in [9.17, 15) is 28.2 Å². The Morgan fingerprint density at radius 3 is 2.19 bits per heavy atom. The maximum Gasteiger partial charge on any atom is 0.408 e. The number of carbonyl (C=O) groups excluding carboxylic acids is 4. The predicted octanol–water partition coefficient (Wildman–Crippen LogP) is 6.25. The summed E-state index contributed by atoms with van der Waals surface area (Å²) in [5.74, 6) is -7.78. The van der Waals surface area contributed by atoms with Crippen LogP contribution in [0, 0.1) is 41.4 Å². The second-order valence-corrected chi connectivity index (χ2v) is 28.8. The van der Waals surface area contributed by atoms with E-state index in [1.807, 2.05) is 41.7 Å². The minimum Gasteiger partial charge on any atom is -0.495 e. The third-order valence-electron chi connectivity index (χ3n) is 18.2. The number of oxime groups is 1. The van der Waals surface area contributed by atoms with E-state index in [4.69, 9.17) is 61.7 Å². The second kappa shape index (κ2) is 32.2. The van der Waals surface area contributed by atoms with Crippen molar-refractivity contribution < 1.29 is 99.5 Å². The highest BCUT2D eigenvalue weighted by Gasteiger charge is 2.53. The number of aliphatic hydroxyl groups excluding tert-OH is 2. The number of nitrogens with zero attached hydrogens (tertiary/aromatic N) is 2. The zero-order chi connectivity index (χ0) is 67.8. The summed E-state index contributed by atoms with van der Waals surface area (Å²) in [7, 11) is 3.47. The molecule has 91 heavy (non-hydrogen) atoms. The molecule has 4 aliphatic heterocycles. The average Bonchev–Trinajstić information content (AvgIpc) is 1.79. The number of aromatic amines is 1. The van der Waals surface area contributed by atoms with E-state index in [0.717, 1.165) is 0 Å². The number of aliphatic hydroxyl groups is 2. The Labute approximate surface area is 537 Å². The van der Waals surface area contributed by atoms with E-state index in [2.05, 4.69) is 25.1 Å². The summed E-state index contributed by atoms with van der Waals surface area (Å²) >= 11 is 0. The minimum absolute atomic E-state index is 0.0354. The van der Waals surface area contributed by atoms with E-state index in [1.165, 1.54) is 41.6 Å². The van der Waals surface area contributed by atoms with Crippen molar-refractivity contribution in [1.82, 2.24) is 19.9 Å². The number of H-pyrrole nitrogens is 1. The number of carbonyl (C=O) groups is 4. The van der Waals surface area contributed by atoms with Crippen LogP contribution in [-0.4, -0.2) is 216 Å². The van der Waals surface area contributed by atoms with Crippen LogP contribution in [0.5, 0.6) is 5.75 Å². The zero-order valence-corrected chi connectivity index (χ0v) is 57.7. The molecule has 0 spiro atoms. The monoisotopic (exact) mass is 1310 g/mol. The fraction of sp³-hybridized carbons (Fsp3) is 0.797. The molecule has 518 valence electrons. The summed E-state index contributed by atoms with van der Waals surface area (Å²) in [4.78, 5) is 70.9. The first-order valence-corrected chi connectivity index (χ1v) is 33.3. The quantitative estimate of drug-likeness (QED) is 0.0523. The number of cyclic esters (lactones) is 1. The van der Waals surface area contributed by atoms with Gasteiger partial charge in [-0.15, -0.1) is 0 Å². The molecule has 4 fully saturated rings. The highest BCUT2D eigenvalue weighted by Crippen LogP contribution is 2.41. The number of esters is 2. The third-order valence-corrected chi connectivity index (χ3v) is 19.7. The third kappa shape index (κ3) is 18.7. The number of sulfonamides is 1. The summed E-state index contributed by atoms with van der Waals surface area (Å²) in [6.45, 7) is 26.1. The van der Waals surface area contributed by atoms with Crippen molar-refractivity contribution in [3.63, 3.8) is 0 Å². The number of nitrogens with one attached hydrogen (secondary N) is 3. The molecule has 0 saturated carbocycles. The van der Waals surface area contributed by atoms with Gasteiger partial charge in [0.2, 0.25) is 10.0 Å². The second-order valence-electron chi connectivity index (χ2n) is 27.0. The Hall–Kier alpha value is -4.62. The number of aromatic nitrogens is 1. The number of likely N-dealkylation sites (N-methyl/N-ethyl adjacent to an activating group) is 1. The SMILES string of the molecule is CO/N=C1\C[C@@H](C)O[C@@H](O[C@@H]2[C@@H](C)[C@H](O[C@H]3CC(C)N(C)C[C@H](C)O3)[C@@H](C)C(=O)O[C@H]([C@@H](C)CO[C@@H]3O[C@H](C)[C@@H](O)[C@@H](OC)[C@H]3OC)[C@H](C)[C@@H](OC(=O)CC(C)C)[C@@H](C)C(=O)[C@@](C)(OC(=O)NC(C)(C)CNS(=O)(=O)c3c[nH]c4c(OC)cccc34)C[C@@H]2C)[C@@H]1O. The number of para-hydroxylation sites is 1. The Morgan fingerprint density at radius 2 is 1.55 bits per heavy atom. The lowest BCUT2D eigenvalue weighted by Gasteiger charge is -2.45. The summed E-state index contributed by atoms with van der Waals surface area (Å²) in [6, 6.07) is 4.96. The van der Waals surface area contributed by atoms with Gasteiger partial charge in [-0.05, 0) is 86.8 Å². The van der Waals surface area contributed by atoms with E-state index >= 15 is 9.59 Å². The molecule has 0 bridgehead atoms. The molecule has 6 rings (SSSR count). The number of fused-ring (bicyclic) bond motifs is 1. The molecule has 4 aliphatic rings. The molecule has 1 aromatic heterocycles. The summed E-state index contributed by atoms with van der Waals surface area (Å²) in [6.07, 6.45) is -13.6. The number of amides is 1. The van der Waals surface area contributed by atoms with Gasteiger partial charge in [0.15, 0.2) is 30.3 Å². The average molecular weight is 1310 g/mol. The van der Waals surface area contributed by atoms with Gasteiger partial charge in [0.05, 0.1) is 72.8 Å². The Bertz CT molecular complexity index is 2880. The van der Waals surface area contributed by atoms with Crippen molar-refractivity contribution >= 4 is 50.5 Å². The lowest BCUT2D eigenvalue weighted by molar-refractivity contribution is -0.305. The first-order chi connectivity index (χ1) is 42.6. The van der Waals surface area contributed by atoms with Crippen LogP contribution in [0.4, 0.5) is 4.79 Å². The predicted molar refractivity (Wildman–Crippen MR) is 334 cm³/mol. The van der Waals surface area contributed by atoms with Crippen molar-refractivity contribution in [3.05, 3.63) is 24.4 Å². The Balaban J connectivity index is 1.49. The number of Topliss-reactive ketones (excluding diaryl/α,β-unsaturated/α-hetero) is 1. The molecule has 22 atom stereocenters. The van der Waals surface area contributed by atoms with Crippen molar-refractivity contribution in [2.24, 2.45) is 46.6 Å². The maximum atomic E-state index is 16.2. The van der Waals surface area contributed by atoms with Gasteiger partial charge in [-0.1, -0.05) is 65.8 Å². The number of rotatable bonds is 21. The first-order valence-electron chi connectivity index (χ1n) is 31.8. The molecular formula is C64H105N5O21S. The minimum atomic E-state index is -4.22. The Kier molecular flexibility index (Phi) is 26.7. The number of benzene rings is 1. The first kappa shape index (κ1) is 75.4. The van der Waals surface area contributed by atoms with Gasteiger partial charge in [-0.3, -0.25) is 14.4 Å². The summed E-state index contributed by atoms with van der Waals surface area (Å²) in [5.41, 5.74) is -2.81. The van der Waals surface area contributed by atoms with Crippen LogP contribution in [0.2, 0.25) is 0 Å². The highest BCUT2D eigenvalue weighted by molar-refractivity contribution is 7.89. The van der Waals surface area contributed by atoms with Gasteiger partial charge in [-0.25, -0.2) is 17.9 Å². The van der Waals surface area contributed by atoms with Crippen molar-refractivity contribution in [3.8, 4) is 5.75 Å². The van der Waals surface area contributed by atoms with Gasteiger partial charge < -0.3 is 87.1 Å². The lowest BCUT2D eigenvalue weighted by atomic mass is 9.74. The van der Waals surface area contributed by atoms with Crippen LogP contribution in [0.15, 0.2) is 34.4 Å². The van der Waals surface area contributed by atoms with Gasteiger partial charge >= 0.3 is 18.0 Å². The fourth-order valence-corrected chi connectivity index (χ4v) is 14.5. The van der Waals surface area contributed by atoms with Crippen LogP contribution >= 0.6 is 0 Å². The molecule has 0 radical (unpaired) electrons. The van der Waals surface area contributed by atoms with E-state index in [0.29, 0.717) is 29.6 Å². The molecule has 26 nitrogen and oxygen atoms in total. The van der Waals surface area contributed by atoms with Crippen molar-refractivity contribution in [2.45, 2.75) is 238 Å². The normalized spacial score (nSPS) is 36.3. The van der Waals surface area contributed by atoms with Gasteiger partial charge in [0, 0.05) is 82.0 Å². The molecule has 27 heteroatoms. The molecule has 1 unspecified atom stereocenters. The molecule has 5 N–H and O–H groups in total. The number of hydrogen-bond acceptors (Lipinski definition) is 23. The van der Waals surface area contributed by atoms with E-state index in [1.54, 1.807) is 80.5 Å². The number of hydrogen-bond donors (Lipinski definition) is 5. The lowest BCUT2D eigenvalue weighted by Crippen LogP contribution is -2.59. The highest BCUT2D eigenvalue weighted by atomic mass is 32.2. The van der Waals surface area contributed by atoms with Gasteiger partial charge in [0.25, 0.3) is 0 Å². The fourth-order valence-electron chi connectivity index (χ4n) is 13.2. The van der Waals surface area contributed by atoms with Crippen molar-refractivity contribution in [2.75, 3.05) is 55.2 Å². The molecule has 1 aromatic carbocycles. The zero-order valence-electron chi connectivity index (χ0n) is 56.9. The van der Waals surface area contributed by atoms with Crippen LogP contribution in [0.3, 0.4) is 0 Å². The topological polar surface area (TPSA) is 318 Å². The summed E-state index contributed by atoms with van der Waals surface area (Å²) in [5, 5.41) is 30.2. The van der Waals surface area contributed by atoms with Crippen LogP contribution in [-0.2, 0) is 81.3 Å². The van der Waals surface area contributed by atoms with E-state index < -0.39 is 160 Å². The summed E-state index contributed by atoms with van der Waals surface area (Å²) < 4.78 is 107. The van der Waals surface area contributed by atoms with Gasteiger partial charge in [0.1, 0.15) is 54.4 Å². The number of alkyl carbamates (subject to hydrolysis) is 1. The van der Waals surface area contributed by atoms with Gasteiger partial charge in [-0.2, -0.15) is 0 Å². The molecule has 5 heterocycles. The van der Waals surface area contributed by atoms with Crippen LogP contribution in [0.25, 0.3) is 10.9 Å². The molecule has 0 aliphatic carbocycles. The molecule has 1 amide bonds. The smallest absolute Gasteiger partial charge is 0.408 e. The molecule has 4 saturated heterocycles. The number of ether oxygens (including phenoxy) is 12. The maximum absolute atomic E-state index is 16.2. The molecular weight excluding hydrogens is 1210 g/mol. The largest absolute Gasteiger partial charge is 0.495 e. The number of ketones is 1. The van der Waals surface area contributed by atoms with Crippen LogP contribution < -0.4 is 14.8 Å². The standard InChI is InChI=1S/C64H105N5O21S/c1-32(2)24-47(70)86-54-39(9)53(34(4)30-82-61-57(80-19)56(79-18)50(71)42(12)85-61)88-59(74)41(11)55(87-48-25-35(5)69(16)29-37(7)83-48)38(8)52(89-60-51(72)44(68-81-20)26-36(6)84-60)33(3)27-64(15,58(73)40(54)10)90-62(75)67-63(13,14)31-66-91(76,77)46-28-65-49-43(46)22-21-23-45(49)78-17/h21-23,28,32-42,48,50-57,60-61,65-66,71-72H,24-27,29-31H2,1-20H3,(H,67,75)/b68-44+/t33-,34-,35?,36+,37-,38+,39-,40+,41+,42+,48-,50+,51+,52-,53+,54+,55-,56+,57+,60-,61+,64-/m0/s1.